The van der Waals surface area contributed by atoms with Crippen molar-refractivity contribution >= 4 is 28.9 Å². The van der Waals surface area contributed by atoms with Gasteiger partial charge in [-0.05, 0) is 35.9 Å². The van der Waals surface area contributed by atoms with Crippen molar-refractivity contribution in [1.29, 1.82) is 0 Å². The summed E-state index contributed by atoms with van der Waals surface area (Å²) in [6.45, 7) is 0. The molecule has 5 heteroatoms. The number of carbonyl (C=O) groups is 2. The van der Waals surface area contributed by atoms with E-state index in [1.54, 1.807) is 36.5 Å². The molecule has 0 radical (unpaired) electrons. The summed E-state index contributed by atoms with van der Waals surface area (Å²) in [6, 6.07) is 17.8. The lowest BCUT2D eigenvalue weighted by atomic mass is 10.1. The standard InChI is InChI=1S/C19H14N2O3/c22-18(14-6-2-1-3-7-14)21-17(19(23)24)11-13-10-15-8-4-5-9-16(15)20-12-13/h1-12H,(H,21,22)(H,23,24)/b17-11-. The van der Waals surface area contributed by atoms with Crippen molar-refractivity contribution in [1.82, 2.24) is 10.3 Å². The number of benzene rings is 2. The fraction of sp³-hybridized carbons (Fsp3) is 0. The van der Waals surface area contributed by atoms with Gasteiger partial charge in [-0.1, -0.05) is 36.4 Å². The summed E-state index contributed by atoms with van der Waals surface area (Å²) >= 11 is 0. The zero-order valence-electron chi connectivity index (χ0n) is 12.6. The van der Waals surface area contributed by atoms with E-state index in [-0.39, 0.29) is 5.70 Å². The molecule has 3 rings (SSSR count). The number of rotatable bonds is 4. The van der Waals surface area contributed by atoms with Crippen LogP contribution in [0.2, 0.25) is 0 Å². The van der Waals surface area contributed by atoms with E-state index in [4.69, 9.17) is 0 Å². The molecule has 1 heterocycles. The van der Waals surface area contributed by atoms with Crippen molar-refractivity contribution in [3.05, 3.63) is 83.7 Å². The van der Waals surface area contributed by atoms with E-state index >= 15 is 0 Å². The lowest BCUT2D eigenvalue weighted by Crippen LogP contribution is -2.27. The number of aromatic nitrogens is 1. The third-order valence-electron chi connectivity index (χ3n) is 3.44. The summed E-state index contributed by atoms with van der Waals surface area (Å²) < 4.78 is 0. The van der Waals surface area contributed by atoms with Gasteiger partial charge in [0.25, 0.3) is 5.91 Å². The Bertz CT molecular complexity index is 934. The highest BCUT2D eigenvalue weighted by atomic mass is 16.4. The van der Waals surface area contributed by atoms with Crippen LogP contribution in [0.15, 0.2) is 72.6 Å². The maximum Gasteiger partial charge on any atom is 0.352 e. The number of hydrogen-bond acceptors (Lipinski definition) is 3. The van der Waals surface area contributed by atoms with Crippen LogP contribution in [0.25, 0.3) is 17.0 Å². The minimum Gasteiger partial charge on any atom is -0.477 e. The molecular formula is C19H14N2O3. The molecule has 0 aliphatic carbocycles. The molecule has 5 nitrogen and oxygen atoms in total. The van der Waals surface area contributed by atoms with Gasteiger partial charge in [0.15, 0.2) is 0 Å². The predicted molar refractivity (Wildman–Crippen MR) is 91.3 cm³/mol. The molecule has 24 heavy (non-hydrogen) atoms. The molecule has 2 aromatic carbocycles. The van der Waals surface area contributed by atoms with Crippen LogP contribution in [0, 0.1) is 0 Å². The molecule has 0 aliphatic rings. The number of carboxylic acids is 1. The smallest absolute Gasteiger partial charge is 0.352 e. The van der Waals surface area contributed by atoms with Crippen LogP contribution in [0.4, 0.5) is 0 Å². The molecule has 3 aromatic rings. The summed E-state index contributed by atoms with van der Waals surface area (Å²) in [7, 11) is 0. The minimum atomic E-state index is -1.22. The van der Waals surface area contributed by atoms with Gasteiger partial charge in [-0.25, -0.2) is 4.79 Å². The number of fused-ring (bicyclic) bond motifs is 1. The highest BCUT2D eigenvalue weighted by Gasteiger charge is 2.13. The van der Waals surface area contributed by atoms with Gasteiger partial charge in [0.1, 0.15) is 5.70 Å². The van der Waals surface area contributed by atoms with Crippen LogP contribution >= 0.6 is 0 Å². The quantitative estimate of drug-likeness (QED) is 0.725. The second-order valence-electron chi connectivity index (χ2n) is 5.14. The van der Waals surface area contributed by atoms with Crippen molar-refractivity contribution in [3.63, 3.8) is 0 Å². The number of pyridine rings is 1. The van der Waals surface area contributed by atoms with Crippen LogP contribution < -0.4 is 5.32 Å². The molecule has 0 atom stereocenters. The zero-order valence-corrected chi connectivity index (χ0v) is 12.6. The van der Waals surface area contributed by atoms with Gasteiger partial charge in [-0.3, -0.25) is 9.78 Å². The van der Waals surface area contributed by atoms with E-state index < -0.39 is 11.9 Å². The first-order valence-corrected chi connectivity index (χ1v) is 7.30. The summed E-state index contributed by atoms with van der Waals surface area (Å²) in [5.74, 6) is -1.69. The Hall–Kier alpha value is -3.47. The molecule has 118 valence electrons. The van der Waals surface area contributed by atoms with Gasteiger partial charge >= 0.3 is 5.97 Å². The Kier molecular flexibility index (Phi) is 4.34. The average molecular weight is 318 g/mol. The monoisotopic (exact) mass is 318 g/mol. The highest BCUT2D eigenvalue weighted by molar-refractivity contribution is 6.02. The lowest BCUT2D eigenvalue weighted by Gasteiger charge is -2.06. The summed E-state index contributed by atoms with van der Waals surface area (Å²) in [4.78, 5) is 27.8. The Morgan fingerprint density at radius 1 is 1.00 bits per heavy atom. The van der Waals surface area contributed by atoms with Crippen molar-refractivity contribution in [3.8, 4) is 0 Å². The van der Waals surface area contributed by atoms with Crippen LogP contribution in [0.1, 0.15) is 15.9 Å². The van der Waals surface area contributed by atoms with Crippen molar-refractivity contribution < 1.29 is 14.7 Å². The van der Waals surface area contributed by atoms with E-state index in [0.29, 0.717) is 11.1 Å². The molecule has 0 bridgehead atoms. The summed E-state index contributed by atoms with van der Waals surface area (Å²) in [5, 5.41) is 12.7. The van der Waals surface area contributed by atoms with E-state index in [2.05, 4.69) is 10.3 Å². The number of amides is 1. The Morgan fingerprint density at radius 3 is 2.46 bits per heavy atom. The first-order chi connectivity index (χ1) is 11.6. The van der Waals surface area contributed by atoms with Gasteiger partial charge in [-0.15, -0.1) is 0 Å². The molecule has 0 unspecified atom stereocenters. The number of hydrogen-bond donors (Lipinski definition) is 2. The van der Waals surface area contributed by atoms with Crippen molar-refractivity contribution in [2.24, 2.45) is 0 Å². The number of para-hydroxylation sites is 1. The molecule has 2 N–H and O–H groups in total. The second-order valence-corrected chi connectivity index (χ2v) is 5.14. The first kappa shape index (κ1) is 15.4. The average Bonchev–Trinajstić information content (AvgIpc) is 2.61. The van der Waals surface area contributed by atoms with Crippen molar-refractivity contribution in [2.45, 2.75) is 0 Å². The number of carbonyl (C=O) groups excluding carboxylic acids is 1. The molecule has 0 spiro atoms. The van der Waals surface area contributed by atoms with Gasteiger partial charge in [0.05, 0.1) is 5.52 Å². The first-order valence-electron chi connectivity index (χ1n) is 7.30. The van der Waals surface area contributed by atoms with E-state index in [9.17, 15) is 14.7 Å². The van der Waals surface area contributed by atoms with Crippen LogP contribution in [0.5, 0.6) is 0 Å². The number of nitrogens with one attached hydrogen (secondary N) is 1. The number of aliphatic carboxylic acids is 1. The molecule has 0 fully saturated rings. The third-order valence-corrected chi connectivity index (χ3v) is 3.44. The van der Waals surface area contributed by atoms with Gasteiger partial charge in [0, 0.05) is 17.1 Å². The summed E-state index contributed by atoms with van der Waals surface area (Å²) in [5.41, 5.74) is 1.60. The van der Waals surface area contributed by atoms with Gasteiger partial charge in [-0.2, -0.15) is 0 Å². The molecule has 0 saturated carbocycles. The summed E-state index contributed by atoms with van der Waals surface area (Å²) in [6.07, 6.45) is 2.96. The molecule has 0 aliphatic heterocycles. The van der Waals surface area contributed by atoms with Crippen LogP contribution in [-0.4, -0.2) is 22.0 Å². The Morgan fingerprint density at radius 2 is 1.71 bits per heavy atom. The van der Waals surface area contributed by atoms with Gasteiger partial charge < -0.3 is 10.4 Å². The molecule has 1 amide bonds. The molecule has 0 saturated heterocycles. The molecule has 1 aromatic heterocycles. The van der Waals surface area contributed by atoms with Crippen LogP contribution in [-0.2, 0) is 4.79 Å². The van der Waals surface area contributed by atoms with E-state index in [1.807, 2.05) is 30.3 Å². The fourth-order valence-electron chi connectivity index (χ4n) is 2.27. The van der Waals surface area contributed by atoms with Crippen molar-refractivity contribution in [2.75, 3.05) is 0 Å². The Balaban J connectivity index is 1.90. The largest absolute Gasteiger partial charge is 0.477 e. The maximum absolute atomic E-state index is 12.1. The molecular weight excluding hydrogens is 304 g/mol. The van der Waals surface area contributed by atoms with E-state index in [0.717, 1.165) is 10.9 Å². The predicted octanol–water partition coefficient (Wildman–Crippen LogP) is 3.09. The van der Waals surface area contributed by atoms with E-state index in [1.165, 1.54) is 6.08 Å². The topological polar surface area (TPSA) is 79.3 Å². The third kappa shape index (κ3) is 3.47. The van der Waals surface area contributed by atoms with Crippen LogP contribution in [0.3, 0.4) is 0 Å². The number of carboxylic acid groups (broad SMARTS) is 1. The maximum atomic E-state index is 12.1. The zero-order chi connectivity index (χ0) is 16.9. The normalized spacial score (nSPS) is 11.2. The Labute approximate surface area is 138 Å². The lowest BCUT2D eigenvalue weighted by molar-refractivity contribution is -0.132. The highest BCUT2D eigenvalue weighted by Crippen LogP contribution is 2.15. The number of nitrogens with zero attached hydrogens (tertiary/aromatic N) is 1. The minimum absolute atomic E-state index is 0.207. The van der Waals surface area contributed by atoms with Gasteiger partial charge in [0.2, 0.25) is 0 Å². The second kappa shape index (κ2) is 6.75. The SMILES string of the molecule is O=C(O)/C(=C/c1cnc2ccccc2c1)NC(=O)c1ccccc1. The fourth-order valence-corrected chi connectivity index (χ4v) is 2.27.